The van der Waals surface area contributed by atoms with Gasteiger partial charge >= 0.3 is 12.1 Å². The first-order valence-corrected chi connectivity index (χ1v) is 11.7. The summed E-state index contributed by atoms with van der Waals surface area (Å²) in [5, 5.41) is 3.59. The molecule has 4 fully saturated rings. The van der Waals surface area contributed by atoms with E-state index in [-0.39, 0.29) is 24.0 Å². The standard InChI is InChI=1S/C22H36F3N3O2/c1-2-30-20(29)17-12-21(26-15-17)13-18(14-21)27-9-5-16(6-10-27)19-4-3-8-28(19)11-7-22(23,24)25/h16-19,26H,2-15H2,1H3/t17-,18?,19?,21?/m0/s1. The molecule has 3 saturated heterocycles. The maximum Gasteiger partial charge on any atom is 0.390 e. The molecule has 1 spiro atoms. The van der Waals surface area contributed by atoms with Crippen molar-refractivity contribution in [1.29, 1.82) is 0 Å². The number of rotatable bonds is 6. The van der Waals surface area contributed by atoms with E-state index >= 15 is 0 Å². The van der Waals surface area contributed by atoms with Crippen LogP contribution in [-0.2, 0) is 9.53 Å². The molecule has 0 aromatic heterocycles. The van der Waals surface area contributed by atoms with Gasteiger partial charge in [-0.3, -0.25) is 9.69 Å². The van der Waals surface area contributed by atoms with Gasteiger partial charge < -0.3 is 15.0 Å². The second kappa shape index (κ2) is 8.94. The van der Waals surface area contributed by atoms with Crippen LogP contribution >= 0.6 is 0 Å². The molecule has 0 aromatic rings. The van der Waals surface area contributed by atoms with E-state index in [1.54, 1.807) is 0 Å². The fraction of sp³-hybridized carbons (Fsp3) is 0.955. The summed E-state index contributed by atoms with van der Waals surface area (Å²) in [4.78, 5) is 16.7. The van der Waals surface area contributed by atoms with Crippen LogP contribution in [0.1, 0.15) is 58.3 Å². The highest BCUT2D eigenvalue weighted by atomic mass is 19.4. The zero-order chi connectivity index (χ0) is 21.4. The van der Waals surface area contributed by atoms with Gasteiger partial charge in [-0.05, 0) is 77.4 Å². The van der Waals surface area contributed by atoms with Gasteiger partial charge in [0.1, 0.15) is 0 Å². The molecule has 0 aromatic carbocycles. The number of carbonyl (C=O) groups is 1. The van der Waals surface area contributed by atoms with E-state index in [9.17, 15) is 18.0 Å². The second-order valence-electron chi connectivity index (χ2n) is 9.86. The molecule has 2 atom stereocenters. The molecule has 1 N–H and O–H groups in total. The zero-order valence-corrected chi connectivity index (χ0v) is 18.1. The molecule has 1 unspecified atom stereocenters. The van der Waals surface area contributed by atoms with Crippen LogP contribution in [0.5, 0.6) is 0 Å². The van der Waals surface area contributed by atoms with Crippen molar-refractivity contribution < 1.29 is 22.7 Å². The number of nitrogens with zero attached hydrogens (tertiary/aromatic N) is 2. The van der Waals surface area contributed by atoms with E-state index in [2.05, 4.69) is 15.1 Å². The highest BCUT2D eigenvalue weighted by Crippen LogP contribution is 2.45. The number of alkyl halides is 3. The summed E-state index contributed by atoms with van der Waals surface area (Å²) in [6, 6.07) is 0.911. The smallest absolute Gasteiger partial charge is 0.390 e. The number of likely N-dealkylation sites (tertiary alicyclic amines) is 2. The minimum absolute atomic E-state index is 0.0123. The number of nitrogens with one attached hydrogen (secondary N) is 1. The minimum atomic E-state index is -4.06. The second-order valence-corrected chi connectivity index (χ2v) is 9.86. The third-order valence-electron chi connectivity index (χ3n) is 7.96. The van der Waals surface area contributed by atoms with Crippen LogP contribution in [0.15, 0.2) is 0 Å². The zero-order valence-electron chi connectivity index (χ0n) is 18.1. The number of carbonyl (C=O) groups excluding carboxylic acids is 1. The number of ether oxygens (including phenoxy) is 1. The van der Waals surface area contributed by atoms with E-state index < -0.39 is 12.6 Å². The van der Waals surface area contributed by atoms with Crippen molar-refractivity contribution in [2.24, 2.45) is 11.8 Å². The molecule has 3 aliphatic heterocycles. The first-order valence-electron chi connectivity index (χ1n) is 11.7. The summed E-state index contributed by atoms with van der Waals surface area (Å²) in [6.45, 7) is 6.09. The number of hydrogen-bond acceptors (Lipinski definition) is 5. The predicted molar refractivity (Wildman–Crippen MR) is 108 cm³/mol. The lowest BCUT2D eigenvalue weighted by Gasteiger charge is -2.52. The van der Waals surface area contributed by atoms with Gasteiger partial charge in [0, 0.05) is 30.7 Å². The quantitative estimate of drug-likeness (QED) is 0.655. The van der Waals surface area contributed by atoms with Gasteiger partial charge in [-0.1, -0.05) is 0 Å². The molecule has 3 heterocycles. The Labute approximate surface area is 177 Å². The summed E-state index contributed by atoms with van der Waals surface area (Å²) in [5.74, 6) is 0.447. The fourth-order valence-electron chi connectivity index (χ4n) is 6.40. The Morgan fingerprint density at radius 1 is 1.13 bits per heavy atom. The molecular formula is C22H36F3N3O2. The van der Waals surface area contributed by atoms with Gasteiger partial charge in [0.2, 0.25) is 0 Å². The lowest BCUT2D eigenvalue weighted by atomic mass is 9.69. The molecule has 1 aliphatic carbocycles. The normalized spacial score (nSPS) is 36.3. The van der Waals surface area contributed by atoms with Gasteiger partial charge in [0.05, 0.1) is 18.9 Å². The third-order valence-corrected chi connectivity index (χ3v) is 7.96. The average molecular weight is 432 g/mol. The van der Waals surface area contributed by atoms with Crippen molar-refractivity contribution in [2.45, 2.75) is 82.1 Å². The maximum atomic E-state index is 12.6. The van der Waals surface area contributed by atoms with E-state index in [0.717, 1.165) is 71.1 Å². The van der Waals surface area contributed by atoms with Crippen molar-refractivity contribution in [2.75, 3.05) is 39.3 Å². The van der Waals surface area contributed by atoms with Gasteiger partial charge in [-0.15, -0.1) is 0 Å². The monoisotopic (exact) mass is 431 g/mol. The Kier molecular flexibility index (Phi) is 6.66. The molecule has 0 bridgehead atoms. The summed E-state index contributed by atoms with van der Waals surface area (Å²) in [5.41, 5.74) is 0.110. The van der Waals surface area contributed by atoms with Gasteiger partial charge in [0.25, 0.3) is 0 Å². The molecule has 0 radical (unpaired) electrons. The van der Waals surface area contributed by atoms with Crippen LogP contribution in [0, 0.1) is 11.8 Å². The van der Waals surface area contributed by atoms with Crippen molar-refractivity contribution in [3.63, 3.8) is 0 Å². The van der Waals surface area contributed by atoms with Gasteiger partial charge in [0.15, 0.2) is 0 Å². The molecule has 4 rings (SSSR count). The van der Waals surface area contributed by atoms with Crippen molar-refractivity contribution in [3.8, 4) is 0 Å². The Bertz CT molecular complexity index is 601. The number of halogens is 3. The number of piperidine rings is 1. The first-order chi connectivity index (χ1) is 14.3. The molecule has 0 amide bonds. The Morgan fingerprint density at radius 3 is 2.53 bits per heavy atom. The van der Waals surface area contributed by atoms with E-state index in [4.69, 9.17) is 4.74 Å². The lowest BCUT2D eigenvalue weighted by Crippen LogP contribution is -2.61. The maximum absolute atomic E-state index is 12.6. The SMILES string of the molecule is CCOC(=O)[C@@H]1CNC2(CC(N3CCC(C4CCCN4CCC(F)(F)F)CC3)C2)C1. The first kappa shape index (κ1) is 22.3. The van der Waals surface area contributed by atoms with E-state index in [1.807, 2.05) is 6.92 Å². The van der Waals surface area contributed by atoms with Crippen LogP contribution < -0.4 is 5.32 Å². The summed E-state index contributed by atoms with van der Waals surface area (Å²) in [7, 11) is 0. The van der Waals surface area contributed by atoms with Gasteiger partial charge in [-0.25, -0.2) is 0 Å². The largest absolute Gasteiger partial charge is 0.466 e. The highest BCUT2D eigenvalue weighted by molar-refractivity contribution is 5.73. The topological polar surface area (TPSA) is 44.8 Å². The molecule has 1 saturated carbocycles. The Balaban J connectivity index is 1.20. The van der Waals surface area contributed by atoms with Crippen molar-refractivity contribution in [1.82, 2.24) is 15.1 Å². The molecule has 30 heavy (non-hydrogen) atoms. The van der Waals surface area contributed by atoms with Crippen LogP contribution in [0.4, 0.5) is 13.2 Å². The van der Waals surface area contributed by atoms with Crippen LogP contribution in [0.25, 0.3) is 0 Å². The summed E-state index contributed by atoms with van der Waals surface area (Å²) in [6.07, 6.45) is 2.59. The van der Waals surface area contributed by atoms with Crippen molar-refractivity contribution >= 4 is 5.97 Å². The molecule has 8 heteroatoms. The van der Waals surface area contributed by atoms with E-state index in [0.29, 0.717) is 24.6 Å². The summed E-state index contributed by atoms with van der Waals surface area (Å²) < 4.78 is 43.1. The fourth-order valence-corrected chi connectivity index (χ4v) is 6.40. The lowest BCUT2D eigenvalue weighted by molar-refractivity contribution is -0.147. The highest BCUT2D eigenvalue weighted by Gasteiger charge is 2.52. The predicted octanol–water partition coefficient (Wildman–Crippen LogP) is 3.19. The van der Waals surface area contributed by atoms with Crippen molar-refractivity contribution in [3.05, 3.63) is 0 Å². The molecule has 172 valence electrons. The van der Waals surface area contributed by atoms with Crippen LogP contribution in [0.3, 0.4) is 0 Å². The Hall–Kier alpha value is -0.860. The molecular weight excluding hydrogens is 395 g/mol. The molecule has 5 nitrogen and oxygen atoms in total. The molecule has 4 aliphatic rings. The summed E-state index contributed by atoms with van der Waals surface area (Å²) >= 11 is 0. The Morgan fingerprint density at radius 2 is 1.87 bits per heavy atom. The minimum Gasteiger partial charge on any atom is -0.466 e. The van der Waals surface area contributed by atoms with Gasteiger partial charge in [-0.2, -0.15) is 13.2 Å². The van der Waals surface area contributed by atoms with Crippen LogP contribution in [0.2, 0.25) is 0 Å². The number of hydrogen-bond donors (Lipinski definition) is 1. The van der Waals surface area contributed by atoms with Crippen LogP contribution in [-0.4, -0.2) is 78.9 Å². The van der Waals surface area contributed by atoms with E-state index in [1.165, 1.54) is 0 Å². The average Bonchev–Trinajstić information content (AvgIpc) is 3.32. The number of esters is 1. The third kappa shape index (κ3) is 4.96.